The van der Waals surface area contributed by atoms with Crippen molar-refractivity contribution >= 4 is 23.2 Å². The van der Waals surface area contributed by atoms with E-state index in [1.165, 1.54) is 5.69 Å². The van der Waals surface area contributed by atoms with Gasteiger partial charge < -0.3 is 10.2 Å². The summed E-state index contributed by atoms with van der Waals surface area (Å²) in [5, 5.41) is 3.32. The molecule has 4 nitrogen and oxygen atoms in total. The molecule has 2 heterocycles. The first-order valence-corrected chi connectivity index (χ1v) is 7.80. The van der Waals surface area contributed by atoms with Crippen LogP contribution in [0.25, 0.3) is 0 Å². The average Bonchev–Trinajstić information content (AvgIpc) is 3.02. The van der Waals surface area contributed by atoms with Crippen LogP contribution < -0.4 is 10.2 Å². The van der Waals surface area contributed by atoms with Crippen LogP contribution in [-0.2, 0) is 0 Å². The second kappa shape index (κ2) is 6.79. The molecule has 3 rings (SSSR count). The molecule has 1 fully saturated rings. The van der Waals surface area contributed by atoms with Gasteiger partial charge in [-0.15, -0.1) is 0 Å². The Morgan fingerprint density at radius 1 is 1.32 bits per heavy atom. The fourth-order valence-corrected chi connectivity index (χ4v) is 2.93. The van der Waals surface area contributed by atoms with Crippen molar-refractivity contribution in [3.8, 4) is 0 Å². The molecule has 1 N–H and O–H groups in total. The van der Waals surface area contributed by atoms with E-state index in [-0.39, 0.29) is 5.91 Å². The Balaban J connectivity index is 1.52. The lowest BCUT2D eigenvalue weighted by atomic mass is 10.1. The number of hydrogen-bond acceptors (Lipinski definition) is 3. The molecule has 1 unspecified atom stereocenters. The third kappa shape index (κ3) is 3.57. The first-order chi connectivity index (χ1) is 10.7. The minimum absolute atomic E-state index is 0.0949. The minimum atomic E-state index is -0.0949. The molecule has 0 aliphatic carbocycles. The van der Waals surface area contributed by atoms with Gasteiger partial charge in [0, 0.05) is 37.1 Å². The average molecular weight is 316 g/mol. The number of benzene rings is 1. The normalized spacial score (nSPS) is 17.5. The highest BCUT2D eigenvalue weighted by atomic mass is 35.5. The summed E-state index contributed by atoms with van der Waals surface area (Å²) < 4.78 is 0. The summed E-state index contributed by atoms with van der Waals surface area (Å²) in [5.41, 5.74) is 1.80. The molecule has 1 aromatic carbocycles. The number of rotatable bonds is 4. The van der Waals surface area contributed by atoms with Gasteiger partial charge in [0.1, 0.15) is 5.15 Å². The van der Waals surface area contributed by atoms with Crippen LogP contribution in [0.15, 0.2) is 48.7 Å². The van der Waals surface area contributed by atoms with E-state index in [4.69, 9.17) is 11.6 Å². The third-order valence-electron chi connectivity index (χ3n) is 3.95. The molecular formula is C17H18ClN3O. The summed E-state index contributed by atoms with van der Waals surface area (Å²) >= 11 is 5.81. The van der Waals surface area contributed by atoms with Crippen molar-refractivity contribution in [3.05, 3.63) is 59.4 Å². The Kier molecular flexibility index (Phi) is 4.59. The van der Waals surface area contributed by atoms with Crippen LogP contribution in [0.4, 0.5) is 5.69 Å². The molecular weight excluding hydrogens is 298 g/mol. The van der Waals surface area contributed by atoms with Gasteiger partial charge in [-0.2, -0.15) is 0 Å². The summed E-state index contributed by atoms with van der Waals surface area (Å²) in [5.74, 6) is 0.379. The second-order valence-corrected chi connectivity index (χ2v) is 5.90. The van der Waals surface area contributed by atoms with Gasteiger partial charge in [0.15, 0.2) is 0 Å². The number of halogens is 1. The van der Waals surface area contributed by atoms with Crippen molar-refractivity contribution in [1.82, 2.24) is 10.3 Å². The molecule has 1 aliphatic rings. The van der Waals surface area contributed by atoms with Gasteiger partial charge in [-0.05, 0) is 36.6 Å². The van der Waals surface area contributed by atoms with Crippen LogP contribution in [-0.4, -0.2) is 30.5 Å². The standard InChI is InChI=1S/C17H18ClN3O/c18-16-10-14(6-8-19-16)17(22)20-11-13-7-9-21(12-13)15-4-2-1-3-5-15/h1-6,8,10,13H,7,9,11-12H2,(H,20,22). The largest absolute Gasteiger partial charge is 0.371 e. The Bertz CT molecular complexity index is 647. The minimum Gasteiger partial charge on any atom is -0.371 e. The molecule has 1 saturated heterocycles. The number of hydrogen-bond donors (Lipinski definition) is 1. The molecule has 1 amide bonds. The number of anilines is 1. The number of pyridine rings is 1. The van der Waals surface area contributed by atoms with Gasteiger partial charge in [-0.25, -0.2) is 4.98 Å². The van der Waals surface area contributed by atoms with Gasteiger partial charge in [-0.3, -0.25) is 4.79 Å². The number of nitrogens with zero attached hydrogens (tertiary/aromatic N) is 2. The van der Waals surface area contributed by atoms with Crippen LogP contribution >= 0.6 is 11.6 Å². The number of nitrogens with one attached hydrogen (secondary N) is 1. The predicted molar refractivity (Wildman–Crippen MR) is 88.3 cm³/mol. The summed E-state index contributed by atoms with van der Waals surface area (Å²) in [7, 11) is 0. The summed E-state index contributed by atoms with van der Waals surface area (Å²) in [6.07, 6.45) is 2.64. The second-order valence-electron chi connectivity index (χ2n) is 5.51. The van der Waals surface area contributed by atoms with Crippen molar-refractivity contribution in [2.24, 2.45) is 5.92 Å². The Morgan fingerprint density at radius 3 is 2.91 bits per heavy atom. The zero-order chi connectivity index (χ0) is 15.4. The molecule has 1 atom stereocenters. The van der Waals surface area contributed by atoms with Gasteiger partial charge in [0.25, 0.3) is 5.91 Å². The molecule has 0 bridgehead atoms. The highest BCUT2D eigenvalue weighted by Crippen LogP contribution is 2.23. The van der Waals surface area contributed by atoms with E-state index >= 15 is 0 Å². The summed E-state index contributed by atoms with van der Waals surface area (Å²) in [4.78, 5) is 18.3. The van der Waals surface area contributed by atoms with Gasteiger partial charge >= 0.3 is 0 Å². The molecule has 22 heavy (non-hydrogen) atoms. The first kappa shape index (κ1) is 14.9. The number of aromatic nitrogens is 1. The molecule has 0 spiro atoms. The molecule has 1 aliphatic heterocycles. The fourth-order valence-electron chi connectivity index (χ4n) is 2.76. The van der Waals surface area contributed by atoms with Crippen LogP contribution in [0.3, 0.4) is 0 Å². The van der Waals surface area contributed by atoms with E-state index < -0.39 is 0 Å². The summed E-state index contributed by atoms with van der Waals surface area (Å²) in [6, 6.07) is 13.6. The lowest BCUT2D eigenvalue weighted by molar-refractivity contribution is 0.0948. The number of carbonyl (C=O) groups is 1. The van der Waals surface area contributed by atoms with Gasteiger partial charge in [-0.1, -0.05) is 29.8 Å². The molecule has 114 valence electrons. The number of amides is 1. The quantitative estimate of drug-likeness (QED) is 0.882. The Labute approximate surface area is 135 Å². The van der Waals surface area contributed by atoms with Crippen molar-refractivity contribution in [3.63, 3.8) is 0 Å². The third-order valence-corrected chi connectivity index (χ3v) is 4.15. The lowest BCUT2D eigenvalue weighted by Gasteiger charge is -2.18. The highest BCUT2D eigenvalue weighted by Gasteiger charge is 2.23. The zero-order valence-electron chi connectivity index (χ0n) is 12.2. The SMILES string of the molecule is O=C(NCC1CCN(c2ccccc2)C1)c1ccnc(Cl)c1. The summed E-state index contributed by atoms with van der Waals surface area (Å²) in [6.45, 7) is 2.69. The molecule has 2 aromatic rings. The lowest BCUT2D eigenvalue weighted by Crippen LogP contribution is -2.31. The molecule has 1 aromatic heterocycles. The first-order valence-electron chi connectivity index (χ1n) is 7.42. The van der Waals surface area contributed by atoms with Crippen LogP contribution in [0.2, 0.25) is 5.15 Å². The fraction of sp³-hybridized carbons (Fsp3) is 0.294. The van der Waals surface area contributed by atoms with Crippen LogP contribution in [0.1, 0.15) is 16.8 Å². The predicted octanol–water partition coefficient (Wildman–Crippen LogP) is 2.99. The van der Waals surface area contributed by atoms with Crippen LogP contribution in [0, 0.1) is 5.92 Å². The maximum absolute atomic E-state index is 12.1. The van der Waals surface area contributed by atoms with Crippen molar-refractivity contribution in [2.75, 3.05) is 24.5 Å². The van der Waals surface area contributed by atoms with Crippen LogP contribution in [0.5, 0.6) is 0 Å². The maximum Gasteiger partial charge on any atom is 0.251 e. The highest BCUT2D eigenvalue weighted by molar-refractivity contribution is 6.29. The molecule has 5 heteroatoms. The van der Waals surface area contributed by atoms with Crippen molar-refractivity contribution < 1.29 is 4.79 Å². The van der Waals surface area contributed by atoms with E-state index in [1.54, 1.807) is 18.3 Å². The van der Waals surface area contributed by atoms with E-state index in [0.29, 0.717) is 23.2 Å². The maximum atomic E-state index is 12.1. The monoisotopic (exact) mass is 315 g/mol. The number of carbonyl (C=O) groups excluding carboxylic acids is 1. The van der Waals surface area contributed by atoms with Crippen molar-refractivity contribution in [1.29, 1.82) is 0 Å². The van der Waals surface area contributed by atoms with E-state index in [9.17, 15) is 4.79 Å². The van der Waals surface area contributed by atoms with Gasteiger partial charge in [0.2, 0.25) is 0 Å². The van der Waals surface area contributed by atoms with E-state index in [1.807, 2.05) is 6.07 Å². The Morgan fingerprint density at radius 2 is 2.14 bits per heavy atom. The van der Waals surface area contributed by atoms with E-state index in [2.05, 4.69) is 39.5 Å². The van der Waals surface area contributed by atoms with Crippen molar-refractivity contribution in [2.45, 2.75) is 6.42 Å². The zero-order valence-corrected chi connectivity index (χ0v) is 13.0. The Hall–Kier alpha value is -2.07. The molecule has 0 saturated carbocycles. The van der Waals surface area contributed by atoms with Gasteiger partial charge in [0.05, 0.1) is 0 Å². The smallest absolute Gasteiger partial charge is 0.251 e. The number of para-hydroxylation sites is 1. The molecule has 0 radical (unpaired) electrons. The van der Waals surface area contributed by atoms with E-state index in [0.717, 1.165) is 19.5 Å². The topological polar surface area (TPSA) is 45.2 Å².